The number of rotatable bonds is 13. The van der Waals surface area contributed by atoms with Crippen LogP contribution < -0.4 is 0 Å². The van der Waals surface area contributed by atoms with Gasteiger partial charge in [-0.05, 0) is 46.2 Å². The minimum Gasteiger partial charge on any atom is -0.299 e. The third-order valence-corrected chi connectivity index (χ3v) is 15.8. The zero-order valence-corrected chi connectivity index (χ0v) is 27.0. The van der Waals surface area contributed by atoms with Crippen molar-refractivity contribution in [2.45, 2.75) is 77.8 Å². The van der Waals surface area contributed by atoms with E-state index in [-0.39, 0.29) is 16.5 Å². The Morgan fingerprint density at radius 3 is 1.71 bits per heavy atom. The van der Waals surface area contributed by atoms with E-state index in [4.69, 9.17) is 0 Å². The fraction of sp³-hybridized carbons (Fsp3) is 0.441. The van der Waals surface area contributed by atoms with Gasteiger partial charge in [0.1, 0.15) is 5.78 Å². The van der Waals surface area contributed by atoms with Crippen molar-refractivity contribution in [3.05, 3.63) is 106 Å². The summed E-state index contributed by atoms with van der Waals surface area (Å²) in [6, 6.07) is 29.8. The predicted molar refractivity (Wildman–Crippen MR) is 169 cm³/mol. The van der Waals surface area contributed by atoms with Gasteiger partial charge in [0.2, 0.25) is 0 Å². The van der Waals surface area contributed by atoms with Crippen LogP contribution >= 0.6 is 15.9 Å². The number of halogens is 1. The fourth-order valence-electron chi connectivity index (χ4n) is 5.45. The lowest BCUT2D eigenvalue weighted by molar-refractivity contribution is -0.123. The Morgan fingerprint density at radius 1 is 0.789 bits per heavy atom. The largest absolute Gasteiger partial charge is 0.299 e. The second-order valence-electron chi connectivity index (χ2n) is 12.4. The van der Waals surface area contributed by atoms with E-state index in [2.05, 4.69) is 153 Å². The molecule has 0 saturated heterocycles. The summed E-state index contributed by atoms with van der Waals surface area (Å²) in [5.41, 5.74) is 3.88. The Hall–Kier alpha value is -2.01. The molecular formula is C34H46BrNOSi. The van der Waals surface area contributed by atoms with Gasteiger partial charge in [-0.1, -0.05) is 136 Å². The average molecular weight is 593 g/mol. The van der Waals surface area contributed by atoms with E-state index in [1.165, 1.54) is 16.7 Å². The van der Waals surface area contributed by atoms with Crippen LogP contribution in [0, 0.1) is 11.8 Å². The van der Waals surface area contributed by atoms with Gasteiger partial charge >= 0.3 is 0 Å². The Kier molecular flexibility index (Phi) is 10.7. The van der Waals surface area contributed by atoms with E-state index in [0.717, 1.165) is 30.5 Å². The first kappa shape index (κ1) is 30.5. The molecule has 0 aliphatic rings. The second kappa shape index (κ2) is 13.4. The lowest BCUT2D eigenvalue weighted by Crippen LogP contribution is -2.51. The lowest BCUT2D eigenvalue weighted by Gasteiger charge is -2.48. The van der Waals surface area contributed by atoms with Crippen molar-refractivity contribution in [3.63, 3.8) is 0 Å². The van der Waals surface area contributed by atoms with Crippen molar-refractivity contribution < 1.29 is 4.79 Å². The number of hydrogen-bond acceptors (Lipinski definition) is 2. The molecule has 0 aliphatic carbocycles. The van der Waals surface area contributed by atoms with Crippen molar-refractivity contribution in [2.24, 2.45) is 11.8 Å². The van der Waals surface area contributed by atoms with Crippen LogP contribution in [0.4, 0.5) is 0 Å². The topological polar surface area (TPSA) is 20.3 Å². The Balaban J connectivity index is 1.90. The summed E-state index contributed by atoms with van der Waals surface area (Å²) in [5.74, 6) is 0.911. The maximum Gasteiger partial charge on any atom is 0.137 e. The highest BCUT2D eigenvalue weighted by atomic mass is 79.9. The van der Waals surface area contributed by atoms with E-state index >= 15 is 0 Å². The first-order valence-electron chi connectivity index (χ1n) is 14.0. The van der Waals surface area contributed by atoms with Crippen LogP contribution in [0.1, 0.15) is 51.3 Å². The van der Waals surface area contributed by atoms with Crippen molar-refractivity contribution >= 4 is 29.8 Å². The summed E-state index contributed by atoms with van der Waals surface area (Å²) in [7, 11) is -2.02. The Morgan fingerprint density at radius 2 is 1.26 bits per heavy atom. The molecule has 3 aromatic rings. The number of Topliss-reactive ketones (excluding diaryl/α,β-unsaturated/α-hetero) is 1. The molecule has 0 bridgehead atoms. The molecule has 2 nitrogen and oxygen atoms in total. The highest BCUT2D eigenvalue weighted by Gasteiger charge is 2.49. The second-order valence-corrected chi connectivity index (χ2v) is 18.8. The first-order chi connectivity index (χ1) is 17.9. The minimum atomic E-state index is -2.02. The maximum absolute atomic E-state index is 14.5. The van der Waals surface area contributed by atoms with E-state index in [0.29, 0.717) is 11.7 Å². The van der Waals surface area contributed by atoms with Crippen LogP contribution in [-0.2, 0) is 24.3 Å². The molecule has 0 radical (unpaired) electrons. The van der Waals surface area contributed by atoms with E-state index < -0.39 is 8.07 Å². The van der Waals surface area contributed by atoms with E-state index in [1.54, 1.807) is 0 Å². The van der Waals surface area contributed by atoms with Crippen LogP contribution in [0.15, 0.2) is 89.4 Å². The smallest absolute Gasteiger partial charge is 0.137 e. The molecule has 0 fully saturated rings. The van der Waals surface area contributed by atoms with Gasteiger partial charge in [-0.25, -0.2) is 0 Å². The van der Waals surface area contributed by atoms with Gasteiger partial charge < -0.3 is 0 Å². The van der Waals surface area contributed by atoms with Crippen LogP contribution in [0.25, 0.3) is 0 Å². The van der Waals surface area contributed by atoms with Gasteiger partial charge in [0.15, 0.2) is 0 Å². The SMILES string of the molecule is CC(C)C(C)(C)[Si](C)(C)[C@@H](Cc1ccc(Br)cc1)C(=O)[C@H](C)CN(Cc1ccccc1)Cc1ccccc1. The van der Waals surface area contributed by atoms with Crippen molar-refractivity contribution in [1.29, 1.82) is 0 Å². The van der Waals surface area contributed by atoms with Crippen LogP contribution in [0.5, 0.6) is 0 Å². The van der Waals surface area contributed by atoms with Gasteiger partial charge in [0.25, 0.3) is 0 Å². The van der Waals surface area contributed by atoms with Crippen molar-refractivity contribution in [1.82, 2.24) is 4.90 Å². The zero-order valence-electron chi connectivity index (χ0n) is 24.4. The molecule has 0 unspecified atom stereocenters. The van der Waals surface area contributed by atoms with Gasteiger partial charge in [0, 0.05) is 35.6 Å². The molecule has 4 heteroatoms. The van der Waals surface area contributed by atoms with Crippen molar-refractivity contribution in [2.75, 3.05) is 6.54 Å². The molecule has 38 heavy (non-hydrogen) atoms. The predicted octanol–water partition coefficient (Wildman–Crippen LogP) is 9.41. The maximum atomic E-state index is 14.5. The Bertz CT molecular complexity index is 1100. The first-order valence-corrected chi connectivity index (χ1v) is 17.9. The summed E-state index contributed by atoms with van der Waals surface area (Å²) in [6.45, 7) is 18.9. The van der Waals surface area contributed by atoms with Gasteiger partial charge in [0.05, 0.1) is 8.07 Å². The molecule has 204 valence electrons. The molecule has 3 rings (SSSR count). The number of carbonyl (C=O) groups excluding carboxylic acids is 1. The quantitative estimate of drug-likeness (QED) is 0.184. The highest BCUT2D eigenvalue weighted by molar-refractivity contribution is 9.10. The number of hydrogen-bond donors (Lipinski definition) is 0. The molecular weight excluding hydrogens is 546 g/mol. The van der Waals surface area contributed by atoms with E-state index in [1.807, 2.05) is 0 Å². The number of benzene rings is 3. The zero-order chi connectivity index (χ0) is 27.9. The van der Waals surface area contributed by atoms with Crippen LogP contribution in [0.3, 0.4) is 0 Å². The molecule has 0 spiro atoms. The summed E-state index contributed by atoms with van der Waals surface area (Å²) < 4.78 is 1.08. The standard InChI is InChI=1S/C34H46BrNOSi/c1-26(2)34(4,5)38(6,7)32(22-28-18-20-31(35)21-19-28)33(37)27(3)23-36(24-29-14-10-8-11-15-29)25-30-16-12-9-13-17-30/h8-21,26-27,32H,22-25H2,1-7H3/t27-,32+/m1/s1. The van der Waals surface area contributed by atoms with E-state index in [9.17, 15) is 4.79 Å². The fourth-order valence-corrected chi connectivity index (χ4v) is 9.84. The molecule has 2 atom stereocenters. The van der Waals surface area contributed by atoms with Gasteiger partial charge in [-0.2, -0.15) is 0 Å². The molecule has 0 heterocycles. The summed E-state index contributed by atoms with van der Waals surface area (Å²) in [5, 5.41) is 0.135. The molecule has 0 saturated carbocycles. The number of nitrogens with zero attached hydrogens (tertiary/aromatic N) is 1. The van der Waals surface area contributed by atoms with Gasteiger partial charge in [-0.15, -0.1) is 0 Å². The number of carbonyl (C=O) groups is 1. The van der Waals surface area contributed by atoms with Crippen molar-refractivity contribution in [3.8, 4) is 0 Å². The molecule has 0 N–H and O–H groups in total. The van der Waals surface area contributed by atoms with Gasteiger partial charge in [-0.3, -0.25) is 9.69 Å². The Labute approximate surface area is 241 Å². The van der Waals surface area contributed by atoms with Crippen LogP contribution in [0.2, 0.25) is 23.7 Å². The summed E-state index contributed by atoms with van der Waals surface area (Å²) in [4.78, 5) is 16.9. The molecule has 0 aliphatic heterocycles. The monoisotopic (exact) mass is 591 g/mol. The van der Waals surface area contributed by atoms with Crippen LogP contribution in [-0.4, -0.2) is 25.3 Å². The molecule has 0 amide bonds. The molecule has 0 aromatic heterocycles. The summed E-state index contributed by atoms with van der Waals surface area (Å²) >= 11 is 3.57. The number of ketones is 1. The third-order valence-electron chi connectivity index (χ3n) is 9.19. The highest BCUT2D eigenvalue weighted by Crippen LogP contribution is 2.51. The summed E-state index contributed by atoms with van der Waals surface area (Å²) in [6.07, 6.45) is 0.823. The lowest BCUT2D eigenvalue weighted by atomic mass is 9.97. The third kappa shape index (κ3) is 7.77. The average Bonchev–Trinajstić information content (AvgIpc) is 2.88. The minimum absolute atomic E-state index is 0.0439. The molecule has 3 aromatic carbocycles. The normalized spacial score (nSPS) is 14.1.